The van der Waals surface area contributed by atoms with E-state index in [9.17, 15) is 18.0 Å². The van der Waals surface area contributed by atoms with Crippen molar-refractivity contribution >= 4 is 29.5 Å². The van der Waals surface area contributed by atoms with E-state index >= 15 is 0 Å². The molecule has 1 aliphatic heterocycles. The van der Waals surface area contributed by atoms with Gasteiger partial charge in [-0.25, -0.2) is 4.79 Å². The molecule has 1 fully saturated rings. The fourth-order valence-electron chi connectivity index (χ4n) is 1.66. The first kappa shape index (κ1) is 15.8. The molecule has 0 radical (unpaired) electrons. The van der Waals surface area contributed by atoms with E-state index in [1.165, 1.54) is 11.8 Å². The highest BCUT2D eigenvalue weighted by atomic mass is 32.2. The Balaban J connectivity index is 2.72. The normalized spacial score (nSPS) is 19.3. The average molecular weight is 300 g/mol. The van der Waals surface area contributed by atoms with Gasteiger partial charge >= 0.3 is 12.1 Å². The Morgan fingerprint density at radius 2 is 2.00 bits per heavy atom. The highest BCUT2D eigenvalue weighted by Gasteiger charge is 2.42. The number of halogens is 3. The minimum atomic E-state index is -4.72. The van der Waals surface area contributed by atoms with Crippen molar-refractivity contribution in [1.82, 2.24) is 0 Å². The molecule has 7 heteroatoms. The maximum absolute atomic E-state index is 12.4. The van der Waals surface area contributed by atoms with Crippen molar-refractivity contribution in [2.24, 2.45) is 0 Å². The highest BCUT2D eigenvalue weighted by molar-refractivity contribution is 7.99. The quantitative estimate of drug-likeness (QED) is 0.588. The van der Waals surface area contributed by atoms with Gasteiger partial charge in [-0.3, -0.25) is 0 Å². The fourth-order valence-corrected chi connectivity index (χ4v) is 3.77. The zero-order valence-corrected chi connectivity index (χ0v) is 11.6. The maximum atomic E-state index is 12.4. The molecule has 0 aromatic heterocycles. The Labute approximate surface area is 113 Å². The summed E-state index contributed by atoms with van der Waals surface area (Å²) in [5.74, 6) is 0.770. The first-order valence-electron chi connectivity index (χ1n) is 5.37. The molecule has 0 unspecified atom stereocenters. The molecule has 0 spiro atoms. The summed E-state index contributed by atoms with van der Waals surface area (Å²) >= 11 is 3.19. The predicted octanol–water partition coefficient (Wildman–Crippen LogP) is 3.28. The van der Waals surface area contributed by atoms with E-state index in [0.29, 0.717) is 18.6 Å². The first-order valence-corrected chi connectivity index (χ1v) is 7.92. The zero-order valence-electron chi connectivity index (χ0n) is 10.0. The van der Waals surface area contributed by atoms with Gasteiger partial charge in [0.2, 0.25) is 0 Å². The second-order valence-electron chi connectivity index (χ2n) is 4.09. The van der Waals surface area contributed by atoms with Crippen molar-refractivity contribution in [3.63, 3.8) is 0 Å². The molecule has 1 heterocycles. The van der Waals surface area contributed by atoms with Crippen molar-refractivity contribution in [1.29, 1.82) is 0 Å². The lowest BCUT2D eigenvalue weighted by Gasteiger charge is -2.36. The van der Waals surface area contributed by atoms with E-state index in [1.54, 1.807) is 11.8 Å². The Kier molecular flexibility index (Phi) is 5.46. The molecule has 104 valence electrons. The van der Waals surface area contributed by atoms with Crippen molar-refractivity contribution in [3.05, 3.63) is 12.2 Å². The van der Waals surface area contributed by atoms with E-state index in [0.717, 1.165) is 11.5 Å². The van der Waals surface area contributed by atoms with E-state index in [-0.39, 0.29) is 0 Å². The van der Waals surface area contributed by atoms with Gasteiger partial charge in [0.25, 0.3) is 0 Å². The summed E-state index contributed by atoms with van der Waals surface area (Å²) < 4.78 is 42.2. The largest absolute Gasteiger partial charge is 0.455 e. The monoisotopic (exact) mass is 300 g/mol. The van der Waals surface area contributed by atoms with Gasteiger partial charge in [0.15, 0.2) is 0 Å². The van der Waals surface area contributed by atoms with E-state index in [2.05, 4.69) is 6.58 Å². The van der Waals surface area contributed by atoms with Crippen LogP contribution in [0.15, 0.2) is 12.2 Å². The summed E-state index contributed by atoms with van der Waals surface area (Å²) in [5, 5.41) is 0. The Bertz CT molecular complexity index is 317. The number of thioether (sulfide) groups is 2. The molecule has 0 atom stereocenters. The summed E-state index contributed by atoms with van der Waals surface area (Å²) in [6, 6.07) is 0. The van der Waals surface area contributed by atoms with E-state index < -0.39 is 23.3 Å². The van der Waals surface area contributed by atoms with Crippen molar-refractivity contribution in [2.75, 3.05) is 23.5 Å². The third-order valence-corrected chi connectivity index (χ3v) is 4.51. The minimum Gasteiger partial charge on any atom is -0.455 e. The van der Waals surface area contributed by atoms with Gasteiger partial charge in [-0.2, -0.15) is 36.7 Å². The van der Waals surface area contributed by atoms with Gasteiger partial charge in [-0.15, -0.1) is 0 Å². The van der Waals surface area contributed by atoms with Crippen LogP contribution in [0.25, 0.3) is 0 Å². The Hall–Kier alpha value is -0.300. The number of esters is 1. The average Bonchev–Trinajstić information content (AvgIpc) is 2.28. The van der Waals surface area contributed by atoms with Gasteiger partial charge in [-0.1, -0.05) is 6.58 Å². The SMILES string of the molecule is C=C(C(=O)OC1(CSC)CCSCC1)C(F)(F)F. The van der Waals surface area contributed by atoms with Crippen LogP contribution in [0.1, 0.15) is 12.8 Å². The fraction of sp³-hybridized carbons (Fsp3) is 0.727. The van der Waals surface area contributed by atoms with E-state index in [4.69, 9.17) is 4.74 Å². The molecule has 18 heavy (non-hydrogen) atoms. The number of carbonyl (C=O) groups is 1. The molecule has 0 bridgehead atoms. The zero-order chi connectivity index (χ0) is 13.8. The van der Waals surface area contributed by atoms with Crippen LogP contribution in [0, 0.1) is 0 Å². The highest BCUT2D eigenvalue weighted by Crippen LogP contribution is 2.35. The second kappa shape index (κ2) is 6.23. The lowest BCUT2D eigenvalue weighted by Crippen LogP contribution is -2.42. The molecule has 0 aromatic rings. The molecular formula is C11H15F3O2S2. The summed E-state index contributed by atoms with van der Waals surface area (Å²) in [6.07, 6.45) is -1.69. The lowest BCUT2D eigenvalue weighted by molar-refractivity contribution is -0.163. The molecule has 0 aromatic carbocycles. The Morgan fingerprint density at radius 3 is 2.44 bits per heavy atom. The lowest BCUT2D eigenvalue weighted by atomic mass is 9.99. The van der Waals surface area contributed by atoms with Gasteiger partial charge in [-0.05, 0) is 30.6 Å². The first-order chi connectivity index (χ1) is 8.31. The summed E-state index contributed by atoms with van der Waals surface area (Å²) in [6.45, 7) is 2.77. The van der Waals surface area contributed by atoms with Crippen LogP contribution in [-0.4, -0.2) is 41.3 Å². The number of hydrogen-bond acceptors (Lipinski definition) is 4. The van der Waals surface area contributed by atoms with Gasteiger partial charge in [0.05, 0.1) is 0 Å². The number of alkyl halides is 3. The van der Waals surface area contributed by atoms with E-state index in [1.807, 2.05) is 6.26 Å². The predicted molar refractivity (Wildman–Crippen MR) is 69.0 cm³/mol. The summed E-state index contributed by atoms with van der Waals surface area (Å²) in [5.41, 5.74) is -2.20. The van der Waals surface area contributed by atoms with Gasteiger partial charge in [0.1, 0.15) is 11.2 Å². The van der Waals surface area contributed by atoms with Crippen LogP contribution in [0.4, 0.5) is 13.2 Å². The molecular weight excluding hydrogens is 285 g/mol. The smallest absolute Gasteiger partial charge is 0.422 e. The maximum Gasteiger partial charge on any atom is 0.422 e. The summed E-state index contributed by atoms with van der Waals surface area (Å²) in [7, 11) is 0. The molecule has 0 saturated carbocycles. The minimum absolute atomic E-state index is 0.518. The third-order valence-electron chi connectivity index (χ3n) is 2.71. The standard InChI is InChI=1S/C11H15F3O2S2/c1-8(11(12,13)14)9(15)16-10(7-17-2)3-5-18-6-4-10/h1,3-7H2,2H3. The Morgan fingerprint density at radius 1 is 1.44 bits per heavy atom. The second-order valence-corrected chi connectivity index (χ2v) is 6.19. The van der Waals surface area contributed by atoms with Crippen LogP contribution < -0.4 is 0 Å². The number of ether oxygens (including phenoxy) is 1. The number of hydrogen-bond donors (Lipinski definition) is 0. The number of carbonyl (C=O) groups excluding carboxylic acids is 1. The van der Waals surface area contributed by atoms with Crippen molar-refractivity contribution in [2.45, 2.75) is 24.6 Å². The molecule has 1 saturated heterocycles. The van der Waals surface area contributed by atoms with Crippen molar-refractivity contribution in [3.8, 4) is 0 Å². The summed E-state index contributed by atoms with van der Waals surface area (Å²) in [4.78, 5) is 11.5. The molecule has 1 aliphatic rings. The van der Waals surface area contributed by atoms with Gasteiger partial charge in [0, 0.05) is 5.75 Å². The van der Waals surface area contributed by atoms with Crippen LogP contribution in [-0.2, 0) is 9.53 Å². The van der Waals surface area contributed by atoms with Crippen LogP contribution in [0.3, 0.4) is 0 Å². The van der Waals surface area contributed by atoms with Crippen LogP contribution in [0.5, 0.6) is 0 Å². The van der Waals surface area contributed by atoms with Crippen LogP contribution >= 0.6 is 23.5 Å². The molecule has 0 amide bonds. The molecule has 0 aliphatic carbocycles. The molecule has 0 N–H and O–H groups in total. The molecule has 1 rings (SSSR count). The number of rotatable bonds is 4. The van der Waals surface area contributed by atoms with Crippen molar-refractivity contribution < 1.29 is 22.7 Å². The van der Waals surface area contributed by atoms with Crippen LogP contribution in [0.2, 0.25) is 0 Å². The van der Waals surface area contributed by atoms with Gasteiger partial charge < -0.3 is 4.74 Å². The third kappa shape index (κ3) is 4.12. The topological polar surface area (TPSA) is 26.3 Å². The molecule has 2 nitrogen and oxygen atoms in total.